The topological polar surface area (TPSA) is 51.5 Å². The first-order valence-electron chi connectivity index (χ1n) is 6.81. The van der Waals surface area contributed by atoms with Crippen LogP contribution in [0, 0.1) is 0 Å². The van der Waals surface area contributed by atoms with E-state index < -0.39 is 6.09 Å². The van der Waals surface area contributed by atoms with Gasteiger partial charge in [0.2, 0.25) is 0 Å². The highest BCUT2D eigenvalue weighted by molar-refractivity contribution is 5.67. The van der Waals surface area contributed by atoms with Crippen molar-refractivity contribution < 1.29 is 13.9 Å². The van der Waals surface area contributed by atoms with Crippen LogP contribution in [0.4, 0.5) is 4.79 Å². The van der Waals surface area contributed by atoms with Crippen molar-refractivity contribution in [3.63, 3.8) is 0 Å². The molecule has 1 aromatic carbocycles. The van der Waals surface area contributed by atoms with Crippen LogP contribution in [0.2, 0.25) is 0 Å². The lowest BCUT2D eigenvalue weighted by atomic mass is 10.1. The smallest absolute Gasteiger partial charge is 0.408 e. The number of nitrogens with one attached hydrogen (secondary N) is 1. The van der Waals surface area contributed by atoms with Gasteiger partial charge in [0.15, 0.2) is 0 Å². The van der Waals surface area contributed by atoms with E-state index in [1.54, 1.807) is 18.4 Å². The van der Waals surface area contributed by atoms with Gasteiger partial charge < -0.3 is 14.5 Å². The zero-order valence-corrected chi connectivity index (χ0v) is 11.5. The summed E-state index contributed by atoms with van der Waals surface area (Å²) in [4.78, 5) is 11.8. The summed E-state index contributed by atoms with van der Waals surface area (Å²) in [5, 5.41) is 2.69. The van der Waals surface area contributed by atoms with Crippen LogP contribution in [-0.4, -0.2) is 6.09 Å². The van der Waals surface area contributed by atoms with Crippen LogP contribution in [0.5, 0.6) is 0 Å². The van der Waals surface area contributed by atoms with Gasteiger partial charge in [-0.1, -0.05) is 43.7 Å². The van der Waals surface area contributed by atoms with Crippen molar-refractivity contribution in [2.45, 2.75) is 32.4 Å². The SMILES string of the molecule is CCC[C@H](OC(=O)NCc1ccco1)c1ccccc1. The summed E-state index contributed by atoms with van der Waals surface area (Å²) in [7, 11) is 0. The van der Waals surface area contributed by atoms with Crippen LogP contribution in [-0.2, 0) is 11.3 Å². The number of amides is 1. The highest BCUT2D eigenvalue weighted by atomic mass is 16.6. The Morgan fingerprint density at radius 2 is 2.05 bits per heavy atom. The lowest BCUT2D eigenvalue weighted by Crippen LogP contribution is -2.25. The van der Waals surface area contributed by atoms with Crippen LogP contribution < -0.4 is 5.32 Å². The van der Waals surface area contributed by atoms with Crippen molar-refractivity contribution in [3.8, 4) is 0 Å². The molecule has 1 N–H and O–H groups in total. The predicted octanol–water partition coefficient (Wildman–Crippen LogP) is 4.05. The molecule has 0 fully saturated rings. The minimum atomic E-state index is -0.427. The molecular formula is C16H19NO3. The number of ether oxygens (including phenoxy) is 1. The Hall–Kier alpha value is -2.23. The maximum Gasteiger partial charge on any atom is 0.408 e. The van der Waals surface area contributed by atoms with E-state index in [0.29, 0.717) is 12.3 Å². The third-order valence-electron chi connectivity index (χ3n) is 2.96. The molecule has 0 spiro atoms. The van der Waals surface area contributed by atoms with Crippen LogP contribution in [0.15, 0.2) is 53.1 Å². The Bertz CT molecular complexity index is 508. The largest absolute Gasteiger partial charge is 0.467 e. The van der Waals surface area contributed by atoms with E-state index in [2.05, 4.69) is 12.2 Å². The number of benzene rings is 1. The van der Waals surface area contributed by atoms with Gasteiger partial charge in [0, 0.05) is 0 Å². The van der Waals surface area contributed by atoms with E-state index in [1.807, 2.05) is 30.3 Å². The summed E-state index contributed by atoms with van der Waals surface area (Å²) in [6.45, 7) is 2.40. The van der Waals surface area contributed by atoms with Gasteiger partial charge in [0.05, 0.1) is 12.8 Å². The standard InChI is InChI=1S/C16H19NO3/c1-2-7-15(13-8-4-3-5-9-13)20-16(18)17-12-14-10-6-11-19-14/h3-6,8-11,15H,2,7,12H2,1H3,(H,17,18)/t15-/m0/s1. The summed E-state index contributed by atoms with van der Waals surface area (Å²) in [5.74, 6) is 0.703. The molecule has 4 nitrogen and oxygen atoms in total. The number of carbonyl (C=O) groups is 1. The molecule has 0 unspecified atom stereocenters. The Morgan fingerprint density at radius 3 is 2.70 bits per heavy atom. The molecule has 0 saturated heterocycles. The van der Waals surface area contributed by atoms with E-state index in [-0.39, 0.29) is 6.10 Å². The van der Waals surface area contributed by atoms with Crippen molar-refractivity contribution in [1.82, 2.24) is 5.32 Å². The maximum absolute atomic E-state index is 11.8. The summed E-state index contributed by atoms with van der Waals surface area (Å²) < 4.78 is 10.6. The molecular weight excluding hydrogens is 254 g/mol. The highest BCUT2D eigenvalue weighted by Gasteiger charge is 2.15. The maximum atomic E-state index is 11.8. The summed E-state index contributed by atoms with van der Waals surface area (Å²) in [6, 6.07) is 13.4. The van der Waals surface area contributed by atoms with E-state index in [9.17, 15) is 4.79 Å². The molecule has 2 rings (SSSR count). The molecule has 1 atom stereocenters. The molecule has 0 bridgehead atoms. The third-order valence-corrected chi connectivity index (χ3v) is 2.96. The highest BCUT2D eigenvalue weighted by Crippen LogP contribution is 2.22. The van der Waals surface area contributed by atoms with Gasteiger partial charge in [-0.3, -0.25) is 0 Å². The van der Waals surface area contributed by atoms with Crippen LogP contribution in [0.25, 0.3) is 0 Å². The van der Waals surface area contributed by atoms with Gasteiger partial charge in [0.1, 0.15) is 11.9 Å². The molecule has 4 heteroatoms. The van der Waals surface area contributed by atoms with Crippen molar-refractivity contribution in [2.75, 3.05) is 0 Å². The number of rotatable bonds is 6. The van der Waals surface area contributed by atoms with Crippen molar-refractivity contribution in [1.29, 1.82) is 0 Å². The molecule has 0 aliphatic rings. The molecule has 1 amide bonds. The van der Waals surface area contributed by atoms with Gasteiger partial charge in [-0.15, -0.1) is 0 Å². The normalized spacial score (nSPS) is 11.8. The Kier molecular flexibility index (Phi) is 5.24. The zero-order valence-electron chi connectivity index (χ0n) is 11.5. The number of alkyl carbamates (subject to hydrolysis) is 1. The quantitative estimate of drug-likeness (QED) is 0.864. The summed E-state index contributed by atoms with van der Waals surface area (Å²) in [5.41, 5.74) is 1.02. The first-order chi connectivity index (χ1) is 9.79. The second-order valence-electron chi connectivity index (χ2n) is 4.53. The fraction of sp³-hybridized carbons (Fsp3) is 0.312. The Labute approximate surface area is 118 Å². The molecule has 0 aliphatic carbocycles. The summed E-state index contributed by atoms with van der Waals surface area (Å²) >= 11 is 0. The minimum Gasteiger partial charge on any atom is -0.467 e. The first kappa shape index (κ1) is 14.2. The fourth-order valence-corrected chi connectivity index (χ4v) is 1.97. The van der Waals surface area contributed by atoms with Crippen LogP contribution in [0.3, 0.4) is 0 Å². The van der Waals surface area contributed by atoms with Crippen molar-refractivity contribution >= 4 is 6.09 Å². The van der Waals surface area contributed by atoms with Gasteiger partial charge in [-0.05, 0) is 24.1 Å². The lowest BCUT2D eigenvalue weighted by Gasteiger charge is -2.17. The Balaban J connectivity index is 1.89. The van der Waals surface area contributed by atoms with Gasteiger partial charge in [-0.25, -0.2) is 4.79 Å². The van der Waals surface area contributed by atoms with Gasteiger partial charge >= 0.3 is 6.09 Å². The first-order valence-corrected chi connectivity index (χ1v) is 6.81. The van der Waals surface area contributed by atoms with E-state index in [4.69, 9.17) is 9.15 Å². The van der Waals surface area contributed by atoms with Crippen molar-refractivity contribution in [2.24, 2.45) is 0 Å². The average molecular weight is 273 g/mol. The molecule has 0 radical (unpaired) electrons. The molecule has 0 saturated carbocycles. The van der Waals surface area contributed by atoms with Crippen molar-refractivity contribution in [3.05, 3.63) is 60.1 Å². The number of furan rings is 1. The second-order valence-corrected chi connectivity index (χ2v) is 4.53. The number of hydrogen-bond donors (Lipinski definition) is 1. The second kappa shape index (κ2) is 7.38. The molecule has 1 aromatic heterocycles. The molecule has 0 aliphatic heterocycles. The Morgan fingerprint density at radius 1 is 1.25 bits per heavy atom. The van der Waals surface area contributed by atoms with E-state index >= 15 is 0 Å². The monoisotopic (exact) mass is 273 g/mol. The minimum absolute atomic E-state index is 0.210. The van der Waals surface area contributed by atoms with E-state index in [0.717, 1.165) is 18.4 Å². The third kappa shape index (κ3) is 4.16. The van der Waals surface area contributed by atoms with Crippen LogP contribution >= 0.6 is 0 Å². The summed E-state index contributed by atoms with van der Waals surface area (Å²) in [6.07, 6.45) is 2.69. The van der Waals surface area contributed by atoms with Gasteiger partial charge in [-0.2, -0.15) is 0 Å². The van der Waals surface area contributed by atoms with Crippen LogP contribution in [0.1, 0.15) is 37.2 Å². The molecule has 2 aromatic rings. The van der Waals surface area contributed by atoms with E-state index in [1.165, 1.54) is 0 Å². The van der Waals surface area contributed by atoms with Gasteiger partial charge in [0.25, 0.3) is 0 Å². The zero-order chi connectivity index (χ0) is 14.2. The molecule has 106 valence electrons. The lowest BCUT2D eigenvalue weighted by molar-refractivity contribution is 0.0911. The molecule has 20 heavy (non-hydrogen) atoms. The molecule has 1 heterocycles. The fourth-order valence-electron chi connectivity index (χ4n) is 1.97. The number of carbonyl (C=O) groups excluding carboxylic acids is 1. The predicted molar refractivity (Wildman–Crippen MR) is 76.1 cm³/mol. The number of hydrogen-bond acceptors (Lipinski definition) is 3. The average Bonchev–Trinajstić information content (AvgIpc) is 2.99.